The molecule has 0 spiro atoms. The first-order valence-corrected chi connectivity index (χ1v) is 5.75. The molecule has 0 heterocycles. The van der Waals surface area contributed by atoms with E-state index in [0.717, 1.165) is 18.4 Å². The largest absolute Gasteiger partial charge is 0.384 e. The van der Waals surface area contributed by atoms with E-state index in [4.69, 9.17) is 28.5 Å². The van der Waals surface area contributed by atoms with E-state index < -0.39 is 0 Å². The predicted octanol–water partition coefficient (Wildman–Crippen LogP) is 1.43. The number of halogens is 1. The number of amidine groups is 1. The van der Waals surface area contributed by atoms with Gasteiger partial charge in [0.2, 0.25) is 5.91 Å². The summed E-state index contributed by atoms with van der Waals surface area (Å²) in [5, 5.41) is 7.85. The van der Waals surface area contributed by atoms with Crippen LogP contribution in [0.3, 0.4) is 0 Å². The Balaban J connectivity index is 2.26. The molecule has 1 saturated carbocycles. The van der Waals surface area contributed by atoms with Gasteiger partial charge in [-0.1, -0.05) is 17.7 Å². The van der Waals surface area contributed by atoms with E-state index in [1.54, 1.807) is 12.1 Å². The molecule has 1 aromatic carbocycles. The number of nitrogen functional groups attached to an aromatic ring is 1. The molecular weight excluding hydrogens is 238 g/mol. The molecule has 0 saturated heterocycles. The van der Waals surface area contributed by atoms with E-state index in [9.17, 15) is 4.79 Å². The van der Waals surface area contributed by atoms with Crippen molar-refractivity contribution in [3.05, 3.63) is 34.3 Å². The van der Waals surface area contributed by atoms with E-state index in [0.29, 0.717) is 17.0 Å². The number of nitrogens with two attached hydrogens (primary N) is 2. The molecule has 0 bridgehead atoms. The molecule has 1 aliphatic carbocycles. The van der Waals surface area contributed by atoms with Gasteiger partial charge >= 0.3 is 0 Å². The number of carbonyl (C=O) groups is 1. The zero-order valence-electron chi connectivity index (χ0n) is 9.29. The molecule has 1 aliphatic rings. The molecule has 1 fully saturated rings. The van der Waals surface area contributed by atoms with Crippen molar-refractivity contribution in [1.29, 1.82) is 5.41 Å². The Morgan fingerprint density at radius 1 is 1.41 bits per heavy atom. The summed E-state index contributed by atoms with van der Waals surface area (Å²) >= 11 is 5.93. The lowest BCUT2D eigenvalue weighted by atomic mass is 9.94. The summed E-state index contributed by atoms with van der Waals surface area (Å²) in [7, 11) is 0. The van der Waals surface area contributed by atoms with E-state index in [-0.39, 0.29) is 17.2 Å². The number of amides is 1. The Hall–Kier alpha value is -1.55. The third kappa shape index (κ3) is 2.26. The second kappa shape index (κ2) is 4.04. The lowest BCUT2D eigenvalue weighted by Crippen LogP contribution is -2.26. The molecule has 5 N–H and O–H groups in total. The predicted molar refractivity (Wildman–Crippen MR) is 67.0 cm³/mol. The normalized spacial score (nSPS) is 16.5. The molecule has 4 nitrogen and oxygen atoms in total. The molecule has 0 aliphatic heterocycles. The number of rotatable bonds is 4. The Morgan fingerprint density at radius 2 is 2.06 bits per heavy atom. The second-order valence-electron chi connectivity index (χ2n) is 4.55. The average molecular weight is 252 g/mol. The molecule has 17 heavy (non-hydrogen) atoms. The number of benzene rings is 1. The van der Waals surface area contributed by atoms with Crippen molar-refractivity contribution in [3.63, 3.8) is 0 Å². The molecule has 5 heteroatoms. The van der Waals surface area contributed by atoms with Crippen molar-refractivity contribution in [2.24, 2.45) is 16.9 Å². The Morgan fingerprint density at radius 3 is 2.53 bits per heavy atom. The van der Waals surface area contributed by atoms with Crippen molar-refractivity contribution in [2.75, 3.05) is 0 Å². The average Bonchev–Trinajstić information content (AvgIpc) is 3.01. The Kier molecular flexibility index (Phi) is 2.83. The summed E-state index contributed by atoms with van der Waals surface area (Å²) in [6, 6.07) is 5.30. The van der Waals surface area contributed by atoms with Crippen LogP contribution in [0.1, 0.15) is 24.0 Å². The maximum atomic E-state index is 11.3. The molecule has 0 atom stereocenters. The van der Waals surface area contributed by atoms with Crippen LogP contribution in [0.25, 0.3) is 0 Å². The summed E-state index contributed by atoms with van der Waals surface area (Å²) in [5.41, 5.74) is 11.9. The van der Waals surface area contributed by atoms with Gasteiger partial charge in [0, 0.05) is 5.56 Å². The van der Waals surface area contributed by atoms with Crippen LogP contribution in [0.15, 0.2) is 18.2 Å². The number of nitrogens with one attached hydrogen (secondary N) is 1. The maximum absolute atomic E-state index is 11.3. The van der Waals surface area contributed by atoms with Gasteiger partial charge in [0.1, 0.15) is 5.84 Å². The van der Waals surface area contributed by atoms with Gasteiger partial charge in [-0.05, 0) is 37.0 Å². The van der Waals surface area contributed by atoms with E-state index in [1.165, 1.54) is 0 Å². The number of carbonyl (C=O) groups excluding carboxylic acids is 1. The van der Waals surface area contributed by atoms with Gasteiger partial charge < -0.3 is 11.5 Å². The number of hydrogen-bond acceptors (Lipinski definition) is 2. The van der Waals surface area contributed by atoms with Crippen molar-refractivity contribution in [1.82, 2.24) is 0 Å². The van der Waals surface area contributed by atoms with Gasteiger partial charge in [0.15, 0.2) is 0 Å². The summed E-state index contributed by atoms with van der Waals surface area (Å²) in [6.07, 6.45) is 2.26. The standard InChI is InChI=1S/C12H14ClN3O/c13-9-2-1-7(5-8(9)10(14)15)6-12(3-4-12)11(16)17/h1-2,5H,3-4,6H2,(H3,14,15)(H2,16,17). The fourth-order valence-electron chi connectivity index (χ4n) is 1.94. The van der Waals surface area contributed by atoms with Crippen LogP contribution in [0.2, 0.25) is 5.02 Å². The van der Waals surface area contributed by atoms with Gasteiger partial charge in [-0.2, -0.15) is 0 Å². The second-order valence-corrected chi connectivity index (χ2v) is 4.96. The minimum Gasteiger partial charge on any atom is -0.384 e. The zero-order valence-corrected chi connectivity index (χ0v) is 10.1. The quantitative estimate of drug-likeness (QED) is 0.558. The summed E-state index contributed by atoms with van der Waals surface area (Å²) in [5.74, 6) is -0.322. The highest BCUT2D eigenvalue weighted by Gasteiger charge is 2.48. The fraction of sp³-hybridized carbons (Fsp3) is 0.333. The van der Waals surface area contributed by atoms with Crippen molar-refractivity contribution in [3.8, 4) is 0 Å². The summed E-state index contributed by atoms with van der Waals surface area (Å²) in [6.45, 7) is 0. The molecule has 0 aromatic heterocycles. The first-order chi connectivity index (χ1) is 7.94. The molecule has 0 unspecified atom stereocenters. The third-order valence-electron chi connectivity index (χ3n) is 3.24. The number of primary amides is 1. The van der Waals surface area contributed by atoms with E-state index >= 15 is 0 Å². The monoisotopic (exact) mass is 251 g/mol. The van der Waals surface area contributed by atoms with Gasteiger partial charge in [0.05, 0.1) is 10.4 Å². The molecule has 2 rings (SSSR count). The van der Waals surface area contributed by atoms with Crippen LogP contribution in [0.5, 0.6) is 0 Å². The van der Waals surface area contributed by atoms with Crippen molar-refractivity contribution < 1.29 is 4.79 Å². The van der Waals surface area contributed by atoms with Gasteiger partial charge in [-0.15, -0.1) is 0 Å². The third-order valence-corrected chi connectivity index (χ3v) is 3.57. The fourth-order valence-corrected chi connectivity index (χ4v) is 2.16. The first-order valence-electron chi connectivity index (χ1n) is 5.37. The Labute approximate surface area is 104 Å². The minimum absolute atomic E-state index is 0.0687. The molecular formula is C12H14ClN3O. The lowest BCUT2D eigenvalue weighted by Gasteiger charge is -2.12. The SMILES string of the molecule is N=C(N)c1cc(CC2(C(N)=O)CC2)ccc1Cl. The minimum atomic E-state index is -0.387. The molecule has 1 aromatic rings. The van der Waals surface area contributed by atoms with Crippen LogP contribution in [0.4, 0.5) is 0 Å². The summed E-state index contributed by atoms with van der Waals surface area (Å²) in [4.78, 5) is 11.3. The van der Waals surface area contributed by atoms with Crippen LogP contribution in [-0.2, 0) is 11.2 Å². The van der Waals surface area contributed by atoms with Crippen LogP contribution >= 0.6 is 11.6 Å². The topological polar surface area (TPSA) is 93.0 Å². The molecule has 0 radical (unpaired) electrons. The van der Waals surface area contributed by atoms with Crippen LogP contribution in [0, 0.1) is 10.8 Å². The maximum Gasteiger partial charge on any atom is 0.223 e. The molecule has 1 amide bonds. The van der Waals surface area contributed by atoms with Gasteiger partial charge in [-0.3, -0.25) is 10.2 Å². The van der Waals surface area contributed by atoms with Crippen molar-refractivity contribution in [2.45, 2.75) is 19.3 Å². The smallest absolute Gasteiger partial charge is 0.223 e. The van der Waals surface area contributed by atoms with Crippen LogP contribution in [-0.4, -0.2) is 11.7 Å². The zero-order chi connectivity index (χ0) is 12.6. The van der Waals surface area contributed by atoms with E-state index in [1.807, 2.05) is 6.07 Å². The Bertz CT molecular complexity index is 495. The van der Waals surface area contributed by atoms with Crippen LogP contribution < -0.4 is 11.5 Å². The molecule has 90 valence electrons. The number of hydrogen-bond donors (Lipinski definition) is 3. The lowest BCUT2D eigenvalue weighted by molar-refractivity contribution is -0.123. The summed E-state index contributed by atoms with van der Waals surface area (Å²) < 4.78 is 0. The van der Waals surface area contributed by atoms with Gasteiger partial charge in [0.25, 0.3) is 0 Å². The van der Waals surface area contributed by atoms with Crippen molar-refractivity contribution >= 4 is 23.3 Å². The highest BCUT2D eigenvalue weighted by molar-refractivity contribution is 6.33. The van der Waals surface area contributed by atoms with Gasteiger partial charge in [-0.25, -0.2) is 0 Å². The highest BCUT2D eigenvalue weighted by Crippen LogP contribution is 2.48. The van der Waals surface area contributed by atoms with E-state index in [2.05, 4.69) is 0 Å². The first kappa shape index (κ1) is 11.9. The highest BCUT2D eigenvalue weighted by atomic mass is 35.5.